The summed E-state index contributed by atoms with van der Waals surface area (Å²) in [7, 11) is 1.81. The minimum atomic E-state index is 0. The molecule has 0 unspecified atom stereocenters. The van der Waals surface area contributed by atoms with E-state index < -0.39 is 0 Å². The monoisotopic (exact) mass is 323 g/mol. The summed E-state index contributed by atoms with van der Waals surface area (Å²) in [6.07, 6.45) is 2.62. The standard InChI is InChI=1S/C16H21N3O2.ClH/c1-19-9-6-11-2-3-13(10-14(11)16(19)21)18-15(20)12-4-7-17-8-5-12;/h2-3,10,12,17H,4-9H2,1H3,(H,18,20);1H. The number of likely N-dealkylation sites (N-methyl/N-ethyl adjacent to an activating group) is 1. The van der Waals surface area contributed by atoms with E-state index in [4.69, 9.17) is 0 Å². The average molecular weight is 324 g/mol. The van der Waals surface area contributed by atoms with Gasteiger partial charge in [0.05, 0.1) is 0 Å². The van der Waals surface area contributed by atoms with Crippen LogP contribution in [0.2, 0.25) is 0 Å². The third-order valence-corrected chi connectivity index (χ3v) is 4.38. The van der Waals surface area contributed by atoms with Gasteiger partial charge in [0.2, 0.25) is 5.91 Å². The first-order valence-corrected chi connectivity index (χ1v) is 7.55. The molecule has 1 aromatic rings. The highest BCUT2D eigenvalue weighted by Crippen LogP contribution is 2.23. The Kier molecular flexibility index (Phi) is 5.42. The summed E-state index contributed by atoms with van der Waals surface area (Å²) in [4.78, 5) is 26.1. The Morgan fingerprint density at radius 3 is 2.77 bits per heavy atom. The number of nitrogens with zero attached hydrogens (tertiary/aromatic N) is 1. The number of piperidine rings is 1. The third-order valence-electron chi connectivity index (χ3n) is 4.38. The number of fused-ring (bicyclic) bond motifs is 1. The molecule has 2 N–H and O–H groups in total. The SMILES string of the molecule is CN1CCc2ccc(NC(=O)C3CCNCC3)cc2C1=O.Cl. The molecule has 0 radical (unpaired) electrons. The van der Waals surface area contributed by atoms with Crippen LogP contribution in [0.5, 0.6) is 0 Å². The summed E-state index contributed by atoms with van der Waals surface area (Å²) in [5.41, 5.74) is 2.51. The molecule has 1 aromatic carbocycles. The average Bonchev–Trinajstić information content (AvgIpc) is 2.52. The molecule has 5 nitrogen and oxygen atoms in total. The molecule has 0 spiro atoms. The molecule has 0 aromatic heterocycles. The van der Waals surface area contributed by atoms with Gasteiger partial charge in [0.15, 0.2) is 0 Å². The van der Waals surface area contributed by atoms with Crippen LogP contribution < -0.4 is 10.6 Å². The van der Waals surface area contributed by atoms with Gasteiger partial charge in [-0.15, -0.1) is 12.4 Å². The fourth-order valence-electron chi connectivity index (χ4n) is 3.00. The van der Waals surface area contributed by atoms with Gasteiger partial charge in [0, 0.05) is 30.8 Å². The van der Waals surface area contributed by atoms with E-state index in [9.17, 15) is 9.59 Å². The molecule has 0 aliphatic carbocycles. The number of nitrogens with one attached hydrogen (secondary N) is 2. The Balaban J connectivity index is 0.00000176. The summed E-state index contributed by atoms with van der Waals surface area (Å²) in [6.45, 7) is 2.55. The second-order valence-electron chi connectivity index (χ2n) is 5.86. The van der Waals surface area contributed by atoms with Crippen LogP contribution in [0, 0.1) is 5.92 Å². The summed E-state index contributed by atoms with van der Waals surface area (Å²) in [5, 5.41) is 6.21. The highest BCUT2D eigenvalue weighted by Gasteiger charge is 2.24. The molecule has 0 atom stereocenters. The fraction of sp³-hybridized carbons (Fsp3) is 0.500. The van der Waals surface area contributed by atoms with Gasteiger partial charge >= 0.3 is 0 Å². The molecule has 2 heterocycles. The molecule has 0 saturated carbocycles. The molecule has 22 heavy (non-hydrogen) atoms. The lowest BCUT2D eigenvalue weighted by Gasteiger charge is -2.26. The first-order valence-electron chi connectivity index (χ1n) is 7.55. The molecule has 6 heteroatoms. The molecule has 1 fully saturated rings. The fourth-order valence-corrected chi connectivity index (χ4v) is 3.00. The van der Waals surface area contributed by atoms with E-state index in [2.05, 4.69) is 10.6 Å². The van der Waals surface area contributed by atoms with Crippen molar-refractivity contribution in [3.63, 3.8) is 0 Å². The Bertz CT molecular complexity index is 571. The van der Waals surface area contributed by atoms with Crippen molar-refractivity contribution in [3.05, 3.63) is 29.3 Å². The van der Waals surface area contributed by atoms with Crippen LogP contribution in [0.3, 0.4) is 0 Å². The number of rotatable bonds is 2. The number of carbonyl (C=O) groups is 2. The van der Waals surface area contributed by atoms with Gasteiger partial charge in [-0.3, -0.25) is 9.59 Å². The van der Waals surface area contributed by atoms with Gasteiger partial charge in [-0.1, -0.05) is 6.07 Å². The zero-order chi connectivity index (χ0) is 14.8. The number of anilines is 1. The van der Waals surface area contributed by atoms with Crippen molar-refractivity contribution in [2.45, 2.75) is 19.3 Å². The minimum Gasteiger partial charge on any atom is -0.341 e. The zero-order valence-electron chi connectivity index (χ0n) is 12.7. The van der Waals surface area contributed by atoms with E-state index in [-0.39, 0.29) is 30.1 Å². The predicted molar refractivity (Wildman–Crippen MR) is 88.6 cm³/mol. The summed E-state index contributed by atoms with van der Waals surface area (Å²) in [5.74, 6) is 0.169. The number of carbonyl (C=O) groups excluding carboxylic acids is 2. The van der Waals surface area contributed by atoms with Crippen LogP contribution in [0.25, 0.3) is 0 Å². The Morgan fingerprint density at radius 1 is 1.32 bits per heavy atom. The first-order chi connectivity index (χ1) is 10.1. The maximum absolute atomic E-state index is 12.2. The topological polar surface area (TPSA) is 61.4 Å². The highest BCUT2D eigenvalue weighted by molar-refractivity contribution is 5.99. The van der Waals surface area contributed by atoms with Crippen LogP contribution in [0.4, 0.5) is 5.69 Å². The van der Waals surface area contributed by atoms with Gasteiger partial charge in [-0.2, -0.15) is 0 Å². The number of amides is 2. The Labute approximate surface area is 136 Å². The van der Waals surface area contributed by atoms with Crippen LogP contribution in [0.1, 0.15) is 28.8 Å². The Hall–Kier alpha value is -1.59. The van der Waals surface area contributed by atoms with E-state index in [1.54, 1.807) is 4.90 Å². The van der Waals surface area contributed by atoms with E-state index >= 15 is 0 Å². The van der Waals surface area contributed by atoms with Gasteiger partial charge in [0.1, 0.15) is 0 Å². The predicted octanol–water partition coefficient (Wildman–Crippen LogP) is 1.67. The summed E-state index contributed by atoms with van der Waals surface area (Å²) >= 11 is 0. The molecule has 1 saturated heterocycles. The molecule has 2 aliphatic rings. The Morgan fingerprint density at radius 2 is 2.05 bits per heavy atom. The maximum Gasteiger partial charge on any atom is 0.253 e. The van der Waals surface area contributed by atoms with Gasteiger partial charge in [-0.05, 0) is 50.0 Å². The van der Waals surface area contributed by atoms with Crippen molar-refractivity contribution in [2.75, 3.05) is 32.0 Å². The van der Waals surface area contributed by atoms with E-state index in [1.807, 2.05) is 25.2 Å². The molecular formula is C16H22ClN3O2. The van der Waals surface area contributed by atoms with Crippen LogP contribution in [0.15, 0.2) is 18.2 Å². The minimum absolute atomic E-state index is 0. The quantitative estimate of drug-likeness (QED) is 0.870. The smallest absolute Gasteiger partial charge is 0.253 e. The number of halogens is 1. The van der Waals surface area contributed by atoms with E-state index in [0.29, 0.717) is 5.56 Å². The number of benzene rings is 1. The largest absolute Gasteiger partial charge is 0.341 e. The summed E-state index contributed by atoms with van der Waals surface area (Å²) < 4.78 is 0. The van der Waals surface area contributed by atoms with Crippen LogP contribution >= 0.6 is 12.4 Å². The van der Waals surface area contributed by atoms with E-state index in [0.717, 1.165) is 50.1 Å². The molecule has 2 amide bonds. The van der Waals surface area contributed by atoms with Gasteiger partial charge in [-0.25, -0.2) is 0 Å². The normalized spacial score (nSPS) is 18.4. The molecule has 3 rings (SSSR count). The van der Waals surface area contributed by atoms with Gasteiger partial charge in [0.25, 0.3) is 5.91 Å². The van der Waals surface area contributed by atoms with Gasteiger partial charge < -0.3 is 15.5 Å². The van der Waals surface area contributed by atoms with Crippen LogP contribution in [-0.2, 0) is 11.2 Å². The molecular weight excluding hydrogens is 302 g/mol. The highest BCUT2D eigenvalue weighted by atomic mass is 35.5. The lowest BCUT2D eigenvalue weighted by molar-refractivity contribution is -0.120. The summed E-state index contributed by atoms with van der Waals surface area (Å²) in [6, 6.07) is 5.67. The van der Waals surface area contributed by atoms with Crippen LogP contribution in [-0.4, -0.2) is 43.4 Å². The van der Waals surface area contributed by atoms with Crippen molar-refractivity contribution < 1.29 is 9.59 Å². The van der Waals surface area contributed by atoms with Crippen molar-refractivity contribution >= 4 is 29.9 Å². The van der Waals surface area contributed by atoms with Crippen molar-refractivity contribution in [1.82, 2.24) is 10.2 Å². The second kappa shape index (κ2) is 7.11. The molecule has 2 aliphatic heterocycles. The van der Waals surface area contributed by atoms with Crippen molar-refractivity contribution in [3.8, 4) is 0 Å². The molecule has 120 valence electrons. The second-order valence-corrected chi connectivity index (χ2v) is 5.86. The maximum atomic E-state index is 12.2. The molecule has 0 bridgehead atoms. The lowest BCUT2D eigenvalue weighted by Crippen LogP contribution is -2.35. The van der Waals surface area contributed by atoms with Crippen molar-refractivity contribution in [1.29, 1.82) is 0 Å². The lowest BCUT2D eigenvalue weighted by atomic mass is 9.96. The number of hydrogen-bond acceptors (Lipinski definition) is 3. The zero-order valence-corrected chi connectivity index (χ0v) is 13.5. The number of hydrogen-bond donors (Lipinski definition) is 2. The first kappa shape index (κ1) is 16.8. The van der Waals surface area contributed by atoms with E-state index in [1.165, 1.54) is 0 Å². The third kappa shape index (κ3) is 3.42. The van der Waals surface area contributed by atoms with Crippen molar-refractivity contribution in [2.24, 2.45) is 5.92 Å².